The number of nitrogens with one attached hydrogen (secondary N) is 1. The second-order valence-corrected chi connectivity index (χ2v) is 8.42. The van der Waals surface area contributed by atoms with Crippen molar-refractivity contribution >= 4 is 23.2 Å². The molecule has 0 aromatic heterocycles. The summed E-state index contributed by atoms with van der Waals surface area (Å²) >= 11 is 0. The zero-order chi connectivity index (χ0) is 23.9. The van der Waals surface area contributed by atoms with Crippen LogP contribution < -0.4 is 11.1 Å². The summed E-state index contributed by atoms with van der Waals surface area (Å²) in [4.78, 5) is 38.2. The van der Waals surface area contributed by atoms with Crippen LogP contribution in [0.3, 0.4) is 0 Å². The fraction of sp³-hybridized carbons (Fsp3) is 0.381. The number of primary amides is 1. The van der Waals surface area contributed by atoms with E-state index in [1.807, 2.05) is 0 Å². The van der Waals surface area contributed by atoms with Gasteiger partial charge < -0.3 is 41.7 Å². The molecule has 3 aliphatic rings. The molecule has 4 unspecified atom stereocenters. The van der Waals surface area contributed by atoms with Crippen molar-refractivity contribution in [3.05, 3.63) is 46.2 Å². The van der Waals surface area contributed by atoms with Gasteiger partial charge >= 0.3 is 0 Å². The maximum atomic E-state index is 13.6. The van der Waals surface area contributed by atoms with Gasteiger partial charge in [-0.25, -0.2) is 0 Å². The molecular formula is C21H22N2O9. The number of ketones is 2. The predicted molar refractivity (Wildman–Crippen MR) is 107 cm³/mol. The first-order chi connectivity index (χ1) is 14.8. The topological polar surface area (TPSA) is 211 Å². The molecule has 0 heterocycles. The van der Waals surface area contributed by atoms with Gasteiger partial charge in [-0.2, -0.15) is 0 Å². The number of carbonyl (C=O) groups is 3. The average molecular weight is 446 g/mol. The Morgan fingerprint density at radius 3 is 2.34 bits per heavy atom. The molecular weight excluding hydrogens is 424 g/mol. The molecule has 0 aliphatic heterocycles. The van der Waals surface area contributed by atoms with Gasteiger partial charge in [0, 0.05) is 0 Å². The number of fused-ring (bicyclic) bond motifs is 3. The molecule has 1 amide bonds. The molecule has 11 heteroatoms. The highest BCUT2D eigenvalue weighted by Crippen LogP contribution is 2.56. The Morgan fingerprint density at radius 1 is 1.16 bits per heavy atom. The molecule has 0 radical (unpaired) electrons. The third-order valence-electron chi connectivity index (χ3n) is 6.82. The number of benzene rings is 1. The number of Topliss-reactive ketones (excluding diaryl/α,β-unsaturated/α-hetero) is 2. The SMILES string of the molecule is CN[C@@H]1C(=O)C(C(N)=O)=C(O)[C@@]2(O)C(=O)C3=C(O)c4c(O)cccc4C(C)(O)C3C(O)C12. The Kier molecular flexibility index (Phi) is 4.55. The lowest BCUT2D eigenvalue weighted by atomic mass is 9.53. The van der Waals surface area contributed by atoms with E-state index in [9.17, 15) is 45.0 Å². The Bertz CT molecular complexity index is 1150. The Morgan fingerprint density at radius 2 is 1.78 bits per heavy atom. The van der Waals surface area contributed by atoms with Crippen molar-refractivity contribution in [2.75, 3.05) is 7.05 Å². The van der Waals surface area contributed by atoms with E-state index in [0.29, 0.717) is 0 Å². The number of rotatable bonds is 2. The first kappa shape index (κ1) is 22.0. The first-order valence-electron chi connectivity index (χ1n) is 9.71. The molecule has 11 nitrogen and oxygen atoms in total. The molecule has 1 aromatic carbocycles. The third-order valence-corrected chi connectivity index (χ3v) is 6.82. The van der Waals surface area contributed by atoms with Crippen LogP contribution in [-0.4, -0.2) is 72.9 Å². The molecule has 0 saturated heterocycles. The molecule has 4 rings (SSSR count). The predicted octanol–water partition coefficient (Wildman–Crippen LogP) is -1.74. The van der Waals surface area contributed by atoms with Crippen molar-refractivity contribution in [2.24, 2.45) is 17.6 Å². The number of amides is 1. The minimum absolute atomic E-state index is 0.00164. The molecule has 9 N–H and O–H groups in total. The Balaban J connectivity index is 2.09. The van der Waals surface area contributed by atoms with Gasteiger partial charge in [0.15, 0.2) is 11.4 Å². The number of hydrogen-bond acceptors (Lipinski definition) is 10. The summed E-state index contributed by atoms with van der Waals surface area (Å²) in [5.74, 6) is -9.76. The number of hydrogen-bond donors (Lipinski definition) is 8. The Hall–Kier alpha value is -3.25. The molecule has 3 aliphatic carbocycles. The van der Waals surface area contributed by atoms with E-state index in [1.165, 1.54) is 32.2 Å². The van der Waals surface area contributed by atoms with Gasteiger partial charge in [0.1, 0.15) is 22.8 Å². The number of carbonyl (C=O) groups excluding carboxylic acids is 3. The van der Waals surface area contributed by atoms with Crippen molar-refractivity contribution in [3.63, 3.8) is 0 Å². The highest BCUT2D eigenvalue weighted by molar-refractivity contribution is 6.24. The van der Waals surface area contributed by atoms with Crippen LogP contribution in [-0.2, 0) is 20.0 Å². The number of phenols is 1. The van der Waals surface area contributed by atoms with Crippen molar-refractivity contribution in [3.8, 4) is 5.75 Å². The lowest BCUT2D eigenvalue weighted by Crippen LogP contribution is -2.71. The van der Waals surface area contributed by atoms with Crippen LogP contribution in [0.25, 0.3) is 5.76 Å². The maximum absolute atomic E-state index is 13.6. The maximum Gasteiger partial charge on any atom is 0.255 e. The molecule has 170 valence electrons. The molecule has 1 saturated carbocycles. The van der Waals surface area contributed by atoms with Crippen LogP contribution in [0.1, 0.15) is 18.1 Å². The molecule has 0 spiro atoms. The van der Waals surface area contributed by atoms with Gasteiger partial charge in [-0.1, -0.05) is 12.1 Å². The second kappa shape index (κ2) is 6.62. The van der Waals surface area contributed by atoms with Crippen molar-refractivity contribution in [1.29, 1.82) is 0 Å². The monoisotopic (exact) mass is 446 g/mol. The second-order valence-electron chi connectivity index (χ2n) is 8.42. The van der Waals surface area contributed by atoms with Crippen LogP contribution in [0.2, 0.25) is 0 Å². The van der Waals surface area contributed by atoms with Gasteiger partial charge in [-0.15, -0.1) is 0 Å². The average Bonchev–Trinajstić information content (AvgIpc) is 2.70. The van der Waals surface area contributed by atoms with E-state index in [-0.39, 0.29) is 11.1 Å². The quantitative estimate of drug-likeness (QED) is 0.240. The molecule has 0 bridgehead atoms. The molecule has 1 aromatic rings. The van der Waals surface area contributed by atoms with E-state index in [2.05, 4.69) is 5.32 Å². The highest BCUT2D eigenvalue weighted by atomic mass is 16.4. The van der Waals surface area contributed by atoms with Crippen LogP contribution >= 0.6 is 0 Å². The molecule has 1 fully saturated rings. The first-order valence-corrected chi connectivity index (χ1v) is 9.71. The van der Waals surface area contributed by atoms with Gasteiger partial charge in [0.25, 0.3) is 5.91 Å². The zero-order valence-corrected chi connectivity index (χ0v) is 17.0. The fourth-order valence-electron chi connectivity index (χ4n) is 5.38. The summed E-state index contributed by atoms with van der Waals surface area (Å²) in [5, 5.41) is 68.3. The Labute approximate surface area is 181 Å². The van der Waals surface area contributed by atoms with E-state index in [0.717, 1.165) is 0 Å². The fourth-order valence-corrected chi connectivity index (χ4v) is 5.38. The van der Waals surface area contributed by atoms with Crippen LogP contribution in [0, 0.1) is 11.8 Å². The van der Waals surface area contributed by atoms with Crippen molar-refractivity contribution in [2.45, 2.75) is 30.3 Å². The third kappa shape index (κ3) is 2.36. The highest BCUT2D eigenvalue weighted by Gasteiger charge is 2.69. The lowest BCUT2D eigenvalue weighted by molar-refractivity contribution is -0.176. The summed E-state index contributed by atoms with van der Waals surface area (Å²) in [7, 11) is 1.27. The van der Waals surface area contributed by atoms with Gasteiger partial charge in [-0.3, -0.25) is 14.4 Å². The van der Waals surface area contributed by atoms with Crippen LogP contribution in [0.5, 0.6) is 5.75 Å². The van der Waals surface area contributed by atoms with E-state index in [4.69, 9.17) is 5.73 Å². The number of aliphatic hydroxyl groups is 5. The van der Waals surface area contributed by atoms with Crippen molar-refractivity contribution < 1.29 is 45.0 Å². The van der Waals surface area contributed by atoms with Gasteiger partial charge in [0.2, 0.25) is 5.78 Å². The summed E-state index contributed by atoms with van der Waals surface area (Å²) in [6.07, 6.45) is -1.88. The van der Waals surface area contributed by atoms with Gasteiger partial charge in [0.05, 0.1) is 40.7 Å². The largest absolute Gasteiger partial charge is 0.508 e. The number of likely N-dealkylation sites (N-methyl/N-ethyl adjacent to an activating group) is 1. The summed E-state index contributed by atoms with van der Waals surface area (Å²) in [6.45, 7) is 1.24. The summed E-state index contributed by atoms with van der Waals surface area (Å²) in [5.41, 5.74) is -1.86. The summed E-state index contributed by atoms with van der Waals surface area (Å²) < 4.78 is 0. The minimum atomic E-state index is -3.02. The number of aromatic hydroxyl groups is 1. The molecule has 6 atom stereocenters. The van der Waals surface area contributed by atoms with E-state index < -0.39 is 81.1 Å². The van der Waals surface area contributed by atoms with Gasteiger partial charge in [-0.05, 0) is 25.6 Å². The van der Waals surface area contributed by atoms with Crippen LogP contribution in [0.15, 0.2) is 35.1 Å². The zero-order valence-electron chi connectivity index (χ0n) is 17.0. The van der Waals surface area contributed by atoms with E-state index in [1.54, 1.807) is 0 Å². The molecule has 32 heavy (non-hydrogen) atoms. The van der Waals surface area contributed by atoms with E-state index >= 15 is 0 Å². The number of aliphatic hydroxyl groups excluding tert-OH is 3. The van der Waals surface area contributed by atoms with Crippen molar-refractivity contribution in [1.82, 2.24) is 5.32 Å². The smallest absolute Gasteiger partial charge is 0.255 e. The lowest BCUT2D eigenvalue weighted by Gasteiger charge is -2.54. The number of phenolic OH excluding ortho intramolecular Hbond substituents is 1. The number of nitrogens with two attached hydrogens (primary N) is 1. The minimum Gasteiger partial charge on any atom is -0.508 e. The van der Waals surface area contributed by atoms with Crippen LogP contribution in [0.4, 0.5) is 0 Å². The standard InChI is InChI=1S/C21H22N2O9/c1-20(31)6-4-3-5-7(24)8(6)14(25)9-11(20)16(27)12-13(23-2)15(26)10(19(22)30)18(29)21(12,32)17(9)28/h3-5,11-13,16,23-25,27,29,31-32H,1-2H3,(H2,22,30)/t11?,12?,13-,16?,20?,21-/m0/s1. The normalized spacial score (nSPS) is 36.5. The summed E-state index contributed by atoms with van der Waals surface area (Å²) in [6, 6.07) is 2.43.